The number of anilines is 1. The number of likely N-dealkylation sites (N-methyl/N-ethyl adjacent to an activating group) is 1. The van der Waals surface area contributed by atoms with E-state index in [4.69, 9.17) is 11.6 Å². The summed E-state index contributed by atoms with van der Waals surface area (Å²) in [5.41, 5.74) is 0.558. The van der Waals surface area contributed by atoms with Crippen molar-refractivity contribution < 1.29 is 17.6 Å². The van der Waals surface area contributed by atoms with Gasteiger partial charge >= 0.3 is 0 Å². The molecular formula is C21H24Cl2FN3O3S2. The number of rotatable bonds is 9. The fourth-order valence-electron chi connectivity index (χ4n) is 3.08. The van der Waals surface area contributed by atoms with E-state index in [1.54, 1.807) is 6.07 Å². The minimum atomic E-state index is -3.86. The van der Waals surface area contributed by atoms with Crippen LogP contribution in [0.5, 0.6) is 0 Å². The smallest absolute Gasteiger partial charge is 0.244 e. The van der Waals surface area contributed by atoms with E-state index < -0.39 is 27.3 Å². The molecule has 174 valence electrons. The molecule has 0 spiro atoms. The van der Waals surface area contributed by atoms with Crippen LogP contribution in [-0.2, 0) is 14.6 Å². The lowest BCUT2D eigenvalue weighted by molar-refractivity contribution is -0.116. The Morgan fingerprint density at radius 1 is 1.09 bits per heavy atom. The van der Waals surface area contributed by atoms with Crippen LogP contribution in [0, 0.1) is 5.82 Å². The second-order valence-electron chi connectivity index (χ2n) is 6.89. The number of carbonyl (C=O) groups is 1. The van der Waals surface area contributed by atoms with Gasteiger partial charge in [0.1, 0.15) is 11.6 Å². The number of carbonyl (C=O) groups excluding carboxylic acids is 1. The van der Waals surface area contributed by atoms with E-state index in [0.717, 1.165) is 24.4 Å². The van der Waals surface area contributed by atoms with Crippen molar-refractivity contribution in [1.82, 2.24) is 9.88 Å². The maximum absolute atomic E-state index is 13.6. The van der Waals surface area contributed by atoms with Crippen LogP contribution in [0.2, 0.25) is 5.02 Å². The molecule has 3 rings (SSSR count). The molecule has 0 unspecified atom stereocenters. The van der Waals surface area contributed by atoms with Gasteiger partial charge < -0.3 is 4.90 Å². The summed E-state index contributed by atoms with van der Waals surface area (Å²) >= 11 is 7.00. The Hall–Kier alpha value is -1.78. The summed E-state index contributed by atoms with van der Waals surface area (Å²) < 4.78 is 39.8. The number of hydrogen-bond acceptors (Lipinski definition) is 6. The highest BCUT2D eigenvalue weighted by molar-refractivity contribution is 7.92. The van der Waals surface area contributed by atoms with Gasteiger partial charge in [-0.1, -0.05) is 36.8 Å². The third kappa shape index (κ3) is 6.39. The molecule has 0 bridgehead atoms. The Bertz CT molecular complexity index is 1170. The molecular weight excluding hydrogens is 496 g/mol. The summed E-state index contributed by atoms with van der Waals surface area (Å²) in [7, 11) is -3.86. The standard InChI is InChI=1S/C21H23ClFN3O3S2.ClH/c1-3-25(4-2)11-12-26(21-24-18-10-7-16(23)13-19(18)30-21)20(27)14-31(28,29)17-8-5-15(22)6-9-17;/h5-10,13H,3-4,11-12,14H2,1-2H3;1H. The summed E-state index contributed by atoms with van der Waals surface area (Å²) in [5, 5.41) is 0.761. The molecule has 3 aromatic rings. The number of halogens is 3. The van der Waals surface area contributed by atoms with E-state index in [-0.39, 0.29) is 23.8 Å². The zero-order chi connectivity index (χ0) is 22.6. The molecule has 0 N–H and O–H groups in total. The Morgan fingerprint density at radius 3 is 2.38 bits per heavy atom. The zero-order valence-corrected chi connectivity index (χ0v) is 20.8. The second kappa shape index (κ2) is 11.4. The van der Waals surface area contributed by atoms with E-state index in [1.165, 1.54) is 41.3 Å². The largest absolute Gasteiger partial charge is 0.302 e. The Morgan fingerprint density at radius 2 is 1.75 bits per heavy atom. The summed E-state index contributed by atoms with van der Waals surface area (Å²) in [4.78, 5) is 21.1. The van der Waals surface area contributed by atoms with Gasteiger partial charge in [0.15, 0.2) is 15.0 Å². The minimum absolute atomic E-state index is 0. The first-order valence-corrected chi connectivity index (χ1v) is 12.6. The van der Waals surface area contributed by atoms with E-state index in [0.29, 0.717) is 26.9 Å². The lowest BCUT2D eigenvalue weighted by Gasteiger charge is -2.24. The molecule has 0 aliphatic carbocycles. The first kappa shape index (κ1) is 26.5. The number of nitrogens with zero attached hydrogens (tertiary/aromatic N) is 3. The van der Waals surface area contributed by atoms with Gasteiger partial charge in [-0.25, -0.2) is 17.8 Å². The minimum Gasteiger partial charge on any atom is -0.302 e. The average molecular weight is 520 g/mol. The summed E-state index contributed by atoms with van der Waals surface area (Å²) in [6, 6.07) is 9.91. The molecule has 0 aliphatic heterocycles. The predicted molar refractivity (Wildman–Crippen MR) is 130 cm³/mol. The first-order chi connectivity index (χ1) is 14.7. The lowest BCUT2D eigenvalue weighted by atomic mass is 10.3. The fourth-order valence-corrected chi connectivity index (χ4v) is 5.43. The van der Waals surface area contributed by atoms with Crippen LogP contribution < -0.4 is 4.90 Å². The molecule has 0 fully saturated rings. The molecule has 1 aromatic heterocycles. The maximum Gasteiger partial charge on any atom is 0.244 e. The number of amides is 1. The Labute approximate surface area is 202 Å². The Kier molecular flexibility index (Phi) is 9.41. The molecule has 11 heteroatoms. The lowest BCUT2D eigenvalue weighted by Crippen LogP contribution is -2.41. The number of benzene rings is 2. The van der Waals surface area contributed by atoms with Crippen molar-refractivity contribution >= 4 is 66.4 Å². The van der Waals surface area contributed by atoms with Crippen molar-refractivity contribution in [2.24, 2.45) is 0 Å². The van der Waals surface area contributed by atoms with Crippen LogP contribution >= 0.6 is 35.3 Å². The predicted octanol–water partition coefficient (Wildman–Crippen LogP) is 4.66. The highest BCUT2D eigenvalue weighted by atomic mass is 35.5. The molecule has 0 saturated carbocycles. The molecule has 32 heavy (non-hydrogen) atoms. The van der Waals surface area contributed by atoms with Crippen LogP contribution in [0.15, 0.2) is 47.4 Å². The first-order valence-electron chi connectivity index (χ1n) is 9.80. The monoisotopic (exact) mass is 519 g/mol. The SMILES string of the molecule is CCN(CC)CCN(C(=O)CS(=O)(=O)c1ccc(Cl)cc1)c1nc2ccc(F)cc2s1.Cl. The van der Waals surface area contributed by atoms with Gasteiger partial charge in [0, 0.05) is 18.1 Å². The molecule has 1 heterocycles. The summed E-state index contributed by atoms with van der Waals surface area (Å²) in [6.07, 6.45) is 0. The average Bonchev–Trinajstić information content (AvgIpc) is 3.13. The van der Waals surface area contributed by atoms with Gasteiger partial charge in [-0.3, -0.25) is 9.69 Å². The zero-order valence-electron chi connectivity index (χ0n) is 17.6. The molecule has 0 atom stereocenters. The fraction of sp³-hybridized carbons (Fsp3) is 0.333. The van der Waals surface area contributed by atoms with Gasteiger partial charge in [0.2, 0.25) is 5.91 Å². The van der Waals surface area contributed by atoms with Crippen molar-refractivity contribution in [3.05, 3.63) is 53.3 Å². The van der Waals surface area contributed by atoms with Crippen LogP contribution in [0.3, 0.4) is 0 Å². The van der Waals surface area contributed by atoms with E-state index in [1.807, 2.05) is 13.8 Å². The van der Waals surface area contributed by atoms with Crippen LogP contribution in [0.1, 0.15) is 13.8 Å². The molecule has 1 amide bonds. The van der Waals surface area contributed by atoms with Crippen molar-refractivity contribution in [3.63, 3.8) is 0 Å². The van der Waals surface area contributed by atoms with Gasteiger partial charge in [-0.2, -0.15) is 0 Å². The van der Waals surface area contributed by atoms with E-state index in [2.05, 4.69) is 9.88 Å². The second-order valence-corrected chi connectivity index (χ2v) is 10.3. The number of aromatic nitrogens is 1. The molecule has 0 aliphatic rings. The normalized spacial score (nSPS) is 11.5. The number of hydrogen-bond donors (Lipinski definition) is 0. The number of fused-ring (bicyclic) bond motifs is 1. The quantitative estimate of drug-likeness (QED) is 0.411. The maximum atomic E-state index is 13.6. The summed E-state index contributed by atoms with van der Waals surface area (Å²) in [5.74, 6) is -1.67. The summed E-state index contributed by atoms with van der Waals surface area (Å²) in [6.45, 7) is 6.46. The van der Waals surface area contributed by atoms with Crippen LogP contribution in [0.25, 0.3) is 10.2 Å². The number of thiazole rings is 1. The van der Waals surface area contributed by atoms with E-state index >= 15 is 0 Å². The van der Waals surface area contributed by atoms with E-state index in [9.17, 15) is 17.6 Å². The van der Waals surface area contributed by atoms with Gasteiger partial charge in [0.25, 0.3) is 0 Å². The highest BCUT2D eigenvalue weighted by Crippen LogP contribution is 2.30. The third-order valence-electron chi connectivity index (χ3n) is 4.89. The van der Waals surface area contributed by atoms with Crippen molar-refractivity contribution in [1.29, 1.82) is 0 Å². The third-order valence-corrected chi connectivity index (χ3v) is 7.80. The van der Waals surface area contributed by atoms with Gasteiger partial charge in [0.05, 0.1) is 15.1 Å². The molecule has 6 nitrogen and oxygen atoms in total. The van der Waals surface area contributed by atoms with Crippen molar-refractivity contribution in [2.45, 2.75) is 18.7 Å². The topological polar surface area (TPSA) is 70.6 Å². The van der Waals surface area contributed by atoms with Crippen LogP contribution in [0.4, 0.5) is 9.52 Å². The van der Waals surface area contributed by atoms with Crippen molar-refractivity contribution in [2.75, 3.05) is 36.8 Å². The van der Waals surface area contributed by atoms with Crippen molar-refractivity contribution in [3.8, 4) is 0 Å². The molecule has 0 saturated heterocycles. The van der Waals surface area contributed by atoms with Gasteiger partial charge in [-0.05, 0) is 55.6 Å². The van der Waals surface area contributed by atoms with Crippen LogP contribution in [-0.4, -0.2) is 56.1 Å². The molecule has 0 radical (unpaired) electrons. The number of sulfone groups is 1. The highest BCUT2D eigenvalue weighted by Gasteiger charge is 2.27. The molecule has 2 aromatic carbocycles. The Balaban J connectivity index is 0.00000363. The van der Waals surface area contributed by atoms with Gasteiger partial charge in [-0.15, -0.1) is 12.4 Å².